The molecule has 2 aromatic carbocycles. The zero-order valence-corrected chi connectivity index (χ0v) is 12.5. The second-order valence-corrected chi connectivity index (χ2v) is 5.56. The van der Waals surface area contributed by atoms with E-state index in [2.05, 4.69) is 20.9 Å². The molecule has 3 heteroatoms. The summed E-state index contributed by atoms with van der Waals surface area (Å²) in [6, 6.07) is 13.4. The molecule has 0 aliphatic heterocycles. The van der Waals surface area contributed by atoms with Crippen molar-refractivity contribution in [3.8, 4) is 0 Å². The second-order valence-electron chi connectivity index (χ2n) is 4.70. The molecule has 3 rings (SSSR count). The zero-order chi connectivity index (χ0) is 14.1. The first kappa shape index (κ1) is 13.0. The highest BCUT2D eigenvalue weighted by Gasteiger charge is 2.13. The van der Waals surface area contributed by atoms with Crippen molar-refractivity contribution in [1.82, 2.24) is 4.98 Å². The average Bonchev–Trinajstić information content (AvgIpc) is 2.49. The van der Waals surface area contributed by atoms with Gasteiger partial charge < -0.3 is 0 Å². The van der Waals surface area contributed by atoms with Gasteiger partial charge in [-0.05, 0) is 36.1 Å². The smallest absolute Gasteiger partial charge is 0.195 e. The van der Waals surface area contributed by atoms with Gasteiger partial charge in [-0.2, -0.15) is 0 Å². The Morgan fingerprint density at radius 2 is 1.90 bits per heavy atom. The Labute approximate surface area is 125 Å². The summed E-state index contributed by atoms with van der Waals surface area (Å²) in [4.78, 5) is 16.8. The van der Waals surface area contributed by atoms with E-state index in [1.54, 1.807) is 12.4 Å². The molecule has 0 N–H and O–H groups in total. The number of ketones is 1. The van der Waals surface area contributed by atoms with E-state index in [1.165, 1.54) is 0 Å². The van der Waals surface area contributed by atoms with Crippen molar-refractivity contribution in [2.24, 2.45) is 0 Å². The van der Waals surface area contributed by atoms with E-state index < -0.39 is 0 Å². The maximum atomic E-state index is 12.7. The molecule has 0 atom stereocenters. The number of benzene rings is 2. The predicted octanol–water partition coefficient (Wildman–Crippen LogP) is 4.54. The van der Waals surface area contributed by atoms with E-state index >= 15 is 0 Å². The van der Waals surface area contributed by atoms with Crippen LogP contribution in [0.5, 0.6) is 0 Å². The molecule has 0 radical (unpaired) electrons. The van der Waals surface area contributed by atoms with E-state index in [-0.39, 0.29) is 5.78 Å². The second kappa shape index (κ2) is 5.17. The molecule has 0 unspecified atom stereocenters. The molecule has 0 saturated carbocycles. The van der Waals surface area contributed by atoms with Gasteiger partial charge in [0.2, 0.25) is 0 Å². The monoisotopic (exact) mass is 325 g/mol. The van der Waals surface area contributed by atoms with Gasteiger partial charge in [-0.3, -0.25) is 9.78 Å². The number of carbonyl (C=O) groups excluding carboxylic acids is 1. The summed E-state index contributed by atoms with van der Waals surface area (Å²) in [7, 11) is 0. The number of pyridine rings is 1. The van der Waals surface area contributed by atoms with E-state index in [1.807, 2.05) is 49.4 Å². The summed E-state index contributed by atoms with van der Waals surface area (Å²) in [6.45, 7) is 1.97. The van der Waals surface area contributed by atoms with Gasteiger partial charge in [-0.1, -0.05) is 40.2 Å². The molecule has 98 valence electrons. The number of hydrogen-bond donors (Lipinski definition) is 0. The zero-order valence-electron chi connectivity index (χ0n) is 10.9. The number of fused-ring (bicyclic) bond motifs is 1. The van der Waals surface area contributed by atoms with E-state index in [0.29, 0.717) is 11.1 Å². The summed E-state index contributed by atoms with van der Waals surface area (Å²) in [6.07, 6.45) is 3.42. The van der Waals surface area contributed by atoms with Gasteiger partial charge in [0.25, 0.3) is 0 Å². The van der Waals surface area contributed by atoms with Gasteiger partial charge in [0.1, 0.15) is 0 Å². The summed E-state index contributed by atoms with van der Waals surface area (Å²) in [5.41, 5.74) is 2.37. The Morgan fingerprint density at radius 1 is 1.10 bits per heavy atom. The van der Waals surface area contributed by atoms with Gasteiger partial charge in [-0.15, -0.1) is 0 Å². The van der Waals surface area contributed by atoms with E-state index in [0.717, 1.165) is 20.8 Å². The Balaban J connectivity index is 2.15. The van der Waals surface area contributed by atoms with Crippen LogP contribution in [-0.4, -0.2) is 10.8 Å². The molecule has 0 aliphatic rings. The summed E-state index contributed by atoms with van der Waals surface area (Å²) >= 11 is 3.45. The number of aromatic nitrogens is 1. The number of halogens is 1. The molecule has 3 aromatic rings. The highest BCUT2D eigenvalue weighted by molar-refractivity contribution is 9.10. The van der Waals surface area contributed by atoms with Crippen LogP contribution in [0.1, 0.15) is 21.5 Å². The first-order valence-electron chi connectivity index (χ1n) is 6.30. The summed E-state index contributed by atoms with van der Waals surface area (Å²) in [5, 5.41) is 1.92. The fourth-order valence-electron chi connectivity index (χ4n) is 2.24. The molecule has 1 aromatic heterocycles. The van der Waals surface area contributed by atoms with Crippen LogP contribution >= 0.6 is 15.9 Å². The fraction of sp³-hybridized carbons (Fsp3) is 0.0588. The number of nitrogens with zero attached hydrogens (tertiary/aromatic N) is 1. The lowest BCUT2D eigenvalue weighted by Gasteiger charge is -2.06. The van der Waals surface area contributed by atoms with Gasteiger partial charge in [0.15, 0.2) is 5.78 Å². The van der Waals surface area contributed by atoms with Crippen LogP contribution in [0.4, 0.5) is 0 Å². The quantitative estimate of drug-likeness (QED) is 0.647. The first-order chi connectivity index (χ1) is 9.66. The lowest BCUT2D eigenvalue weighted by molar-refractivity contribution is 0.104. The Bertz CT molecular complexity index is 806. The molecular formula is C17H12BrNO. The van der Waals surface area contributed by atoms with Crippen molar-refractivity contribution in [2.75, 3.05) is 0 Å². The minimum atomic E-state index is 0.00454. The number of rotatable bonds is 2. The molecule has 1 heterocycles. The third kappa shape index (κ3) is 2.25. The minimum absolute atomic E-state index is 0.00454. The highest BCUT2D eigenvalue weighted by Crippen LogP contribution is 2.23. The number of carbonyl (C=O) groups is 1. The standard InChI is InChI=1S/C17H12BrNO/c1-11-8-12(6-7-16(11)18)17(20)15-10-19-9-13-4-2-3-5-14(13)15/h2-10H,1H3. The summed E-state index contributed by atoms with van der Waals surface area (Å²) < 4.78 is 1.00. The van der Waals surface area contributed by atoms with Crippen LogP contribution in [0.2, 0.25) is 0 Å². The fourth-order valence-corrected chi connectivity index (χ4v) is 2.49. The Morgan fingerprint density at radius 3 is 2.70 bits per heavy atom. The number of hydrogen-bond acceptors (Lipinski definition) is 2. The highest BCUT2D eigenvalue weighted by atomic mass is 79.9. The van der Waals surface area contributed by atoms with Gasteiger partial charge in [0.05, 0.1) is 0 Å². The first-order valence-corrected chi connectivity index (χ1v) is 7.10. The summed E-state index contributed by atoms with van der Waals surface area (Å²) in [5.74, 6) is 0.00454. The van der Waals surface area contributed by atoms with Crippen LogP contribution in [-0.2, 0) is 0 Å². The molecule has 20 heavy (non-hydrogen) atoms. The van der Waals surface area contributed by atoms with Crippen molar-refractivity contribution >= 4 is 32.5 Å². The lowest BCUT2D eigenvalue weighted by atomic mass is 9.99. The largest absolute Gasteiger partial charge is 0.289 e. The van der Waals surface area contributed by atoms with Gasteiger partial charge in [0, 0.05) is 33.4 Å². The van der Waals surface area contributed by atoms with Crippen molar-refractivity contribution < 1.29 is 4.79 Å². The molecule has 0 saturated heterocycles. The maximum Gasteiger partial charge on any atom is 0.195 e. The van der Waals surface area contributed by atoms with E-state index in [4.69, 9.17) is 0 Å². The maximum absolute atomic E-state index is 12.7. The molecule has 0 amide bonds. The lowest BCUT2D eigenvalue weighted by Crippen LogP contribution is -2.03. The van der Waals surface area contributed by atoms with Crippen molar-refractivity contribution in [3.05, 3.63) is 76.0 Å². The van der Waals surface area contributed by atoms with Crippen LogP contribution in [0.3, 0.4) is 0 Å². The molecule has 0 fully saturated rings. The molecule has 0 spiro atoms. The third-order valence-electron chi connectivity index (χ3n) is 3.33. The van der Waals surface area contributed by atoms with Crippen LogP contribution in [0, 0.1) is 6.92 Å². The van der Waals surface area contributed by atoms with Crippen molar-refractivity contribution in [2.45, 2.75) is 6.92 Å². The van der Waals surface area contributed by atoms with E-state index in [9.17, 15) is 4.79 Å². The van der Waals surface area contributed by atoms with Crippen molar-refractivity contribution in [1.29, 1.82) is 0 Å². The Hall–Kier alpha value is -2.00. The third-order valence-corrected chi connectivity index (χ3v) is 4.22. The SMILES string of the molecule is Cc1cc(C(=O)c2cncc3ccccc23)ccc1Br. The average molecular weight is 326 g/mol. The molecule has 0 aliphatic carbocycles. The van der Waals surface area contributed by atoms with Crippen LogP contribution in [0.15, 0.2) is 59.3 Å². The minimum Gasteiger partial charge on any atom is -0.289 e. The normalized spacial score (nSPS) is 10.7. The van der Waals surface area contributed by atoms with Crippen molar-refractivity contribution in [3.63, 3.8) is 0 Å². The number of aryl methyl sites for hydroxylation is 1. The van der Waals surface area contributed by atoms with Crippen LogP contribution < -0.4 is 0 Å². The van der Waals surface area contributed by atoms with Gasteiger partial charge >= 0.3 is 0 Å². The Kier molecular flexibility index (Phi) is 3.36. The topological polar surface area (TPSA) is 30.0 Å². The molecular weight excluding hydrogens is 314 g/mol. The molecule has 0 bridgehead atoms. The molecule has 2 nitrogen and oxygen atoms in total. The predicted molar refractivity (Wildman–Crippen MR) is 84.1 cm³/mol. The van der Waals surface area contributed by atoms with Crippen LogP contribution in [0.25, 0.3) is 10.8 Å². The van der Waals surface area contributed by atoms with Gasteiger partial charge in [-0.25, -0.2) is 0 Å².